The Morgan fingerprint density at radius 1 is 1.67 bits per heavy atom. The van der Waals surface area contributed by atoms with Crippen LogP contribution in [0.3, 0.4) is 0 Å². The van der Waals surface area contributed by atoms with E-state index in [1.165, 1.54) is 0 Å². The first-order valence-electron chi connectivity index (χ1n) is 4.90. The minimum Gasteiger partial charge on any atom is -0.370 e. The molecule has 1 aromatic rings. The van der Waals surface area contributed by atoms with Gasteiger partial charge in [0.1, 0.15) is 0 Å². The Bertz CT molecular complexity index is 371. The van der Waals surface area contributed by atoms with Crippen LogP contribution < -0.4 is 5.73 Å². The molecule has 1 aromatic heterocycles. The molecule has 2 heterocycles. The van der Waals surface area contributed by atoms with Crippen molar-refractivity contribution >= 4 is 5.96 Å². The number of aliphatic imine (C=N–C) groups is 1. The number of nitrogens with two attached hydrogens (primary N) is 1. The molecule has 2 rings (SSSR count). The van der Waals surface area contributed by atoms with Gasteiger partial charge in [0.25, 0.3) is 0 Å². The number of nitrogens with zero attached hydrogens (tertiary/aromatic N) is 3. The number of pyridine rings is 1. The van der Waals surface area contributed by atoms with Crippen molar-refractivity contribution in [2.24, 2.45) is 10.7 Å². The summed E-state index contributed by atoms with van der Waals surface area (Å²) in [7, 11) is 0. The van der Waals surface area contributed by atoms with Crippen molar-refractivity contribution in [2.75, 3.05) is 13.1 Å². The first kappa shape index (κ1) is 9.71. The maximum atomic E-state index is 5.80. The van der Waals surface area contributed by atoms with Crippen LogP contribution in [-0.4, -0.2) is 28.9 Å². The van der Waals surface area contributed by atoms with Gasteiger partial charge >= 0.3 is 0 Å². The summed E-state index contributed by atoms with van der Waals surface area (Å²) in [6.45, 7) is 5.14. The summed E-state index contributed by atoms with van der Waals surface area (Å²) in [5.41, 5.74) is 6.94. The number of guanidine groups is 1. The van der Waals surface area contributed by atoms with Gasteiger partial charge in [0.05, 0.1) is 12.6 Å². The largest absolute Gasteiger partial charge is 0.370 e. The molecule has 0 amide bonds. The van der Waals surface area contributed by atoms with Crippen molar-refractivity contribution in [2.45, 2.75) is 6.04 Å². The van der Waals surface area contributed by atoms with E-state index in [2.05, 4.69) is 16.6 Å². The Hall–Kier alpha value is -1.84. The Balaban J connectivity index is 2.21. The molecular formula is C11H14N4. The normalized spacial score (nSPS) is 20.1. The van der Waals surface area contributed by atoms with Gasteiger partial charge in [0, 0.05) is 18.9 Å². The lowest BCUT2D eigenvalue weighted by atomic mass is 10.1. The van der Waals surface area contributed by atoms with Crippen molar-refractivity contribution < 1.29 is 0 Å². The van der Waals surface area contributed by atoms with E-state index >= 15 is 0 Å². The van der Waals surface area contributed by atoms with Crippen molar-refractivity contribution in [1.29, 1.82) is 0 Å². The number of hydrogen-bond acceptors (Lipinski definition) is 4. The molecule has 0 bridgehead atoms. The Morgan fingerprint density at radius 3 is 3.20 bits per heavy atom. The second-order valence-electron chi connectivity index (χ2n) is 3.44. The molecule has 0 aliphatic carbocycles. The summed E-state index contributed by atoms with van der Waals surface area (Å²) < 4.78 is 0. The van der Waals surface area contributed by atoms with E-state index in [0.717, 1.165) is 12.1 Å². The molecule has 2 N–H and O–H groups in total. The SMILES string of the molecule is C=CCN1C(N)=NCC1c1cccnc1. The topological polar surface area (TPSA) is 54.5 Å². The first-order chi connectivity index (χ1) is 7.33. The number of hydrogen-bond donors (Lipinski definition) is 1. The molecule has 0 radical (unpaired) electrons. The van der Waals surface area contributed by atoms with E-state index in [-0.39, 0.29) is 6.04 Å². The fourth-order valence-corrected chi connectivity index (χ4v) is 1.75. The lowest BCUT2D eigenvalue weighted by Gasteiger charge is -2.24. The van der Waals surface area contributed by atoms with Crippen molar-refractivity contribution in [1.82, 2.24) is 9.88 Å². The minimum atomic E-state index is 0.205. The molecule has 1 atom stereocenters. The standard InChI is InChI=1S/C11H14N4/c1-2-6-15-10(8-14-11(15)12)9-4-3-5-13-7-9/h2-5,7,10H,1,6,8H2,(H2,12,14). The molecule has 0 saturated heterocycles. The van der Waals surface area contributed by atoms with Crippen LogP contribution in [-0.2, 0) is 0 Å². The van der Waals surface area contributed by atoms with Crippen LogP contribution in [0.2, 0.25) is 0 Å². The third-order valence-electron chi connectivity index (χ3n) is 2.49. The first-order valence-corrected chi connectivity index (χ1v) is 4.90. The average Bonchev–Trinajstić information content (AvgIpc) is 2.63. The Labute approximate surface area is 89.1 Å². The zero-order chi connectivity index (χ0) is 10.7. The molecule has 0 spiro atoms. The molecule has 1 aliphatic heterocycles. The van der Waals surface area contributed by atoms with E-state index in [1.54, 1.807) is 6.20 Å². The van der Waals surface area contributed by atoms with E-state index in [9.17, 15) is 0 Å². The van der Waals surface area contributed by atoms with Gasteiger partial charge in [-0.3, -0.25) is 9.98 Å². The van der Waals surface area contributed by atoms with Crippen LogP contribution in [0.25, 0.3) is 0 Å². The highest BCUT2D eigenvalue weighted by atomic mass is 15.3. The van der Waals surface area contributed by atoms with E-state index in [4.69, 9.17) is 5.73 Å². The second kappa shape index (κ2) is 4.13. The van der Waals surface area contributed by atoms with Crippen molar-refractivity contribution in [3.8, 4) is 0 Å². The Morgan fingerprint density at radius 2 is 2.53 bits per heavy atom. The molecule has 15 heavy (non-hydrogen) atoms. The molecule has 0 aromatic carbocycles. The number of aromatic nitrogens is 1. The lowest BCUT2D eigenvalue weighted by Crippen LogP contribution is -2.36. The quantitative estimate of drug-likeness (QED) is 0.742. The molecule has 78 valence electrons. The van der Waals surface area contributed by atoms with Crippen LogP contribution >= 0.6 is 0 Å². The predicted molar refractivity (Wildman–Crippen MR) is 60.4 cm³/mol. The molecule has 0 fully saturated rings. The summed E-state index contributed by atoms with van der Waals surface area (Å²) in [5.74, 6) is 0.587. The summed E-state index contributed by atoms with van der Waals surface area (Å²) in [6, 6.07) is 4.18. The zero-order valence-corrected chi connectivity index (χ0v) is 8.50. The fourth-order valence-electron chi connectivity index (χ4n) is 1.75. The van der Waals surface area contributed by atoms with Crippen LogP contribution in [0.5, 0.6) is 0 Å². The maximum Gasteiger partial charge on any atom is 0.192 e. The van der Waals surface area contributed by atoms with Gasteiger partial charge in [-0.2, -0.15) is 0 Å². The van der Waals surface area contributed by atoms with Crippen molar-refractivity contribution in [3.05, 3.63) is 42.7 Å². The fraction of sp³-hybridized carbons (Fsp3) is 0.273. The average molecular weight is 202 g/mol. The summed E-state index contributed by atoms with van der Waals surface area (Å²) in [4.78, 5) is 10.4. The van der Waals surface area contributed by atoms with Crippen molar-refractivity contribution in [3.63, 3.8) is 0 Å². The van der Waals surface area contributed by atoms with Gasteiger partial charge in [0.15, 0.2) is 5.96 Å². The monoisotopic (exact) mass is 202 g/mol. The number of rotatable bonds is 3. The molecule has 4 heteroatoms. The van der Waals surface area contributed by atoms with E-state index in [0.29, 0.717) is 12.5 Å². The van der Waals surface area contributed by atoms with Crippen LogP contribution in [0.4, 0.5) is 0 Å². The summed E-state index contributed by atoms with van der Waals surface area (Å²) in [6.07, 6.45) is 5.45. The van der Waals surface area contributed by atoms with E-state index in [1.807, 2.05) is 29.3 Å². The highest BCUT2D eigenvalue weighted by Gasteiger charge is 2.26. The van der Waals surface area contributed by atoms with Gasteiger partial charge in [-0.1, -0.05) is 12.1 Å². The van der Waals surface area contributed by atoms with Crippen LogP contribution in [0, 0.1) is 0 Å². The van der Waals surface area contributed by atoms with Gasteiger partial charge in [-0.25, -0.2) is 0 Å². The molecule has 1 unspecified atom stereocenters. The highest BCUT2D eigenvalue weighted by Crippen LogP contribution is 2.24. The summed E-state index contributed by atoms with van der Waals surface area (Å²) >= 11 is 0. The van der Waals surface area contributed by atoms with Gasteiger partial charge in [-0.05, 0) is 11.6 Å². The highest BCUT2D eigenvalue weighted by molar-refractivity contribution is 5.80. The minimum absolute atomic E-state index is 0.205. The smallest absolute Gasteiger partial charge is 0.192 e. The third kappa shape index (κ3) is 1.83. The summed E-state index contributed by atoms with van der Waals surface area (Å²) in [5, 5.41) is 0. The predicted octanol–water partition coefficient (Wildman–Crippen LogP) is 0.939. The van der Waals surface area contributed by atoms with Gasteiger partial charge in [0.2, 0.25) is 0 Å². The lowest BCUT2D eigenvalue weighted by molar-refractivity contribution is 0.379. The van der Waals surface area contributed by atoms with Crippen LogP contribution in [0.15, 0.2) is 42.2 Å². The molecule has 0 saturated carbocycles. The third-order valence-corrected chi connectivity index (χ3v) is 2.49. The molecule has 1 aliphatic rings. The Kier molecular flexibility index (Phi) is 2.67. The second-order valence-corrected chi connectivity index (χ2v) is 3.44. The zero-order valence-electron chi connectivity index (χ0n) is 8.50. The molecular weight excluding hydrogens is 188 g/mol. The van der Waals surface area contributed by atoms with E-state index < -0.39 is 0 Å². The maximum absolute atomic E-state index is 5.80. The van der Waals surface area contributed by atoms with Gasteiger partial charge < -0.3 is 10.6 Å². The van der Waals surface area contributed by atoms with Gasteiger partial charge in [-0.15, -0.1) is 6.58 Å². The van der Waals surface area contributed by atoms with Crippen LogP contribution in [0.1, 0.15) is 11.6 Å². The molecule has 4 nitrogen and oxygen atoms in total.